The first-order chi connectivity index (χ1) is 9.78. The van der Waals surface area contributed by atoms with Gasteiger partial charge < -0.3 is 20.3 Å². The molecule has 0 aliphatic rings. The molecule has 0 fully saturated rings. The molecule has 1 amide bonds. The summed E-state index contributed by atoms with van der Waals surface area (Å²) in [5, 5.41) is 21.3. The third kappa shape index (κ3) is 4.41. The minimum Gasteiger partial charge on any atom is -0.478 e. The molecule has 1 rings (SSSR count). The first-order valence-electron chi connectivity index (χ1n) is 6.77. The fraction of sp³-hybridized carbons (Fsp3) is 0.533. The van der Waals surface area contributed by atoms with E-state index in [0.717, 1.165) is 0 Å². The number of aliphatic hydroxyl groups is 2. The molecule has 0 aromatic heterocycles. The third-order valence-corrected chi connectivity index (χ3v) is 3.39. The van der Waals surface area contributed by atoms with Crippen molar-refractivity contribution in [2.75, 3.05) is 13.2 Å². The molecule has 0 bridgehead atoms. The van der Waals surface area contributed by atoms with Crippen LogP contribution >= 0.6 is 0 Å². The highest BCUT2D eigenvalue weighted by Crippen LogP contribution is 2.20. The van der Waals surface area contributed by atoms with E-state index in [1.807, 2.05) is 0 Å². The Labute approximate surface area is 123 Å². The van der Waals surface area contributed by atoms with Crippen molar-refractivity contribution in [3.05, 3.63) is 30.1 Å². The molecule has 0 radical (unpaired) electrons. The maximum absolute atomic E-state index is 12.8. The van der Waals surface area contributed by atoms with E-state index in [-0.39, 0.29) is 13.2 Å². The predicted octanol–water partition coefficient (Wildman–Crippen LogP) is 1.23. The van der Waals surface area contributed by atoms with Crippen molar-refractivity contribution < 1.29 is 24.1 Å². The number of nitrogens with one attached hydrogen (secondary N) is 1. The largest absolute Gasteiger partial charge is 0.478 e. The molecular formula is C15H22FNO4. The Morgan fingerprint density at radius 3 is 2.19 bits per heavy atom. The number of hydrogen-bond donors (Lipinski definition) is 3. The van der Waals surface area contributed by atoms with Crippen molar-refractivity contribution in [1.82, 2.24) is 5.32 Å². The number of ether oxygens (including phenoxy) is 1. The van der Waals surface area contributed by atoms with Gasteiger partial charge in [-0.3, -0.25) is 4.79 Å². The molecule has 21 heavy (non-hydrogen) atoms. The molecule has 1 aromatic carbocycles. The first kappa shape index (κ1) is 17.4. The van der Waals surface area contributed by atoms with Crippen LogP contribution in [0.5, 0.6) is 5.75 Å². The van der Waals surface area contributed by atoms with Crippen LogP contribution in [0.4, 0.5) is 4.39 Å². The zero-order valence-electron chi connectivity index (χ0n) is 12.5. The van der Waals surface area contributed by atoms with Crippen LogP contribution in [0.15, 0.2) is 24.3 Å². The Morgan fingerprint density at radius 1 is 1.24 bits per heavy atom. The van der Waals surface area contributed by atoms with Gasteiger partial charge >= 0.3 is 0 Å². The van der Waals surface area contributed by atoms with Gasteiger partial charge in [-0.1, -0.05) is 6.92 Å². The van der Waals surface area contributed by atoms with Crippen molar-refractivity contribution in [1.29, 1.82) is 0 Å². The van der Waals surface area contributed by atoms with Crippen LogP contribution < -0.4 is 10.1 Å². The van der Waals surface area contributed by atoms with Gasteiger partial charge in [0.1, 0.15) is 11.6 Å². The van der Waals surface area contributed by atoms with Crippen molar-refractivity contribution in [2.45, 2.75) is 38.3 Å². The van der Waals surface area contributed by atoms with E-state index in [2.05, 4.69) is 5.32 Å². The molecule has 0 aliphatic carbocycles. The minimum absolute atomic E-state index is 0.353. The summed E-state index contributed by atoms with van der Waals surface area (Å²) in [7, 11) is 0. The second-order valence-electron chi connectivity index (χ2n) is 5.47. The van der Waals surface area contributed by atoms with E-state index in [4.69, 9.17) is 4.74 Å². The number of carbonyl (C=O) groups is 1. The second-order valence-corrected chi connectivity index (χ2v) is 5.47. The van der Waals surface area contributed by atoms with Gasteiger partial charge in [-0.15, -0.1) is 0 Å². The zero-order chi connectivity index (χ0) is 16.1. The predicted molar refractivity (Wildman–Crippen MR) is 76.4 cm³/mol. The van der Waals surface area contributed by atoms with Crippen LogP contribution in [0.25, 0.3) is 0 Å². The van der Waals surface area contributed by atoms with Crippen LogP contribution in [-0.4, -0.2) is 40.5 Å². The van der Waals surface area contributed by atoms with Gasteiger partial charge in [0.2, 0.25) is 0 Å². The molecule has 3 N–H and O–H groups in total. The number of amides is 1. The SMILES string of the molecule is CCC(CO)(CO)NC(=O)C(C)(C)Oc1ccc(F)cc1. The molecule has 1 aromatic rings. The molecule has 0 unspecified atom stereocenters. The van der Waals surface area contributed by atoms with E-state index in [0.29, 0.717) is 12.2 Å². The van der Waals surface area contributed by atoms with E-state index in [1.54, 1.807) is 20.8 Å². The average molecular weight is 299 g/mol. The Morgan fingerprint density at radius 2 is 1.76 bits per heavy atom. The lowest BCUT2D eigenvalue weighted by molar-refractivity contribution is -0.137. The molecule has 0 spiro atoms. The molecule has 118 valence electrons. The first-order valence-corrected chi connectivity index (χ1v) is 6.77. The quantitative estimate of drug-likeness (QED) is 0.707. The van der Waals surface area contributed by atoms with Gasteiger partial charge in [-0.05, 0) is 44.5 Å². The number of benzene rings is 1. The molecular weight excluding hydrogens is 277 g/mol. The van der Waals surface area contributed by atoms with Crippen molar-refractivity contribution in [2.24, 2.45) is 0 Å². The van der Waals surface area contributed by atoms with Crippen LogP contribution in [0.2, 0.25) is 0 Å². The van der Waals surface area contributed by atoms with Gasteiger partial charge in [-0.25, -0.2) is 4.39 Å². The van der Waals surface area contributed by atoms with Gasteiger partial charge in [0.25, 0.3) is 5.91 Å². The summed E-state index contributed by atoms with van der Waals surface area (Å²) >= 11 is 0. The highest BCUT2D eigenvalue weighted by Gasteiger charge is 2.37. The van der Waals surface area contributed by atoms with Crippen LogP contribution in [0, 0.1) is 5.82 Å². The molecule has 0 saturated heterocycles. The molecule has 0 aliphatic heterocycles. The number of rotatable bonds is 7. The lowest BCUT2D eigenvalue weighted by atomic mass is 9.96. The smallest absolute Gasteiger partial charge is 0.264 e. The summed E-state index contributed by atoms with van der Waals surface area (Å²) in [4.78, 5) is 12.3. The van der Waals surface area contributed by atoms with Gasteiger partial charge in [0.15, 0.2) is 5.60 Å². The summed E-state index contributed by atoms with van der Waals surface area (Å²) in [6.07, 6.45) is 0.373. The van der Waals surface area contributed by atoms with E-state index >= 15 is 0 Å². The number of aliphatic hydroxyl groups excluding tert-OH is 2. The highest BCUT2D eigenvalue weighted by molar-refractivity contribution is 5.85. The number of carbonyl (C=O) groups excluding carboxylic acids is 1. The standard InChI is InChI=1S/C15H22FNO4/c1-4-15(9-18,10-19)17-13(20)14(2,3)21-12-7-5-11(16)6-8-12/h5-8,18-19H,4,9-10H2,1-3H3,(H,17,20). The number of halogens is 1. The van der Waals surface area contributed by atoms with E-state index in [1.165, 1.54) is 24.3 Å². The Bertz CT molecular complexity index is 461. The second kappa shape index (κ2) is 6.87. The molecule has 0 atom stereocenters. The van der Waals surface area contributed by atoms with Crippen LogP contribution in [-0.2, 0) is 4.79 Å². The normalized spacial score (nSPS) is 12.1. The van der Waals surface area contributed by atoms with E-state index in [9.17, 15) is 19.4 Å². The van der Waals surface area contributed by atoms with E-state index < -0.39 is 22.9 Å². The Balaban J connectivity index is 2.81. The lowest BCUT2D eigenvalue weighted by Crippen LogP contribution is -2.59. The topological polar surface area (TPSA) is 78.8 Å². The average Bonchev–Trinajstić information content (AvgIpc) is 2.47. The van der Waals surface area contributed by atoms with Crippen LogP contribution in [0.3, 0.4) is 0 Å². The molecule has 6 heteroatoms. The summed E-state index contributed by atoms with van der Waals surface area (Å²) in [5.74, 6) is -0.515. The summed E-state index contributed by atoms with van der Waals surface area (Å²) < 4.78 is 18.4. The maximum Gasteiger partial charge on any atom is 0.264 e. The fourth-order valence-corrected chi connectivity index (χ4v) is 1.68. The van der Waals surface area contributed by atoms with Crippen LogP contribution in [0.1, 0.15) is 27.2 Å². The lowest BCUT2D eigenvalue weighted by Gasteiger charge is -2.34. The van der Waals surface area contributed by atoms with Crippen molar-refractivity contribution in [3.63, 3.8) is 0 Å². The zero-order valence-corrected chi connectivity index (χ0v) is 12.5. The van der Waals surface area contributed by atoms with Crippen molar-refractivity contribution >= 4 is 5.91 Å². The minimum atomic E-state index is -1.23. The summed E-state index contributed by atoms with van der Waals surface area (Å²) in [6, 6.07) is 5.33. The number of hydrogen-bond acceptors (Lipinski definition) is 4. The van der Waals surface area contributed by atoms with Crippen molar-refractivity contribution in [3.8, 4) is 5.75 Å². The summed E-state index contributed by atoms with van der Waals surface area (Å²) in [6.45, 7) is 4.11. The fourth-order valence-electron chi connectivity index (χ4n) is 1.68. The third-order valence-electron chi connectivity index (χ3n) is 3.39. The molecule has 0 heterocycles. The summed E-state index contributed by atoms with van der Waals surface area (Å²) in [5.41, 5.74) is -2.32. The van der Waals surface area contributed by atoms with Gasteiger partial charge in [0, 0.05) is 0 Å². The Kier molecular flexibility index (Phi) is 5.69. The highest BCUT2D eigenvalue weighted by atomic mass is 19.1. The van der Waals surface area contributed by atoms with Gasteiger partial charge in [0.05, 0.1) is 18.8 Å². The Hall–Kier alpha value is -1.66. The monoisotopic (exact) mass is 299 g/mol. The maximum atomic E-state index is 12.8. The molecule has 0 saturated carbocycles. The van der Waals surface area contributed by atoms with Gasteiger partial charge in [-0.2, -0.15) is 0 Å². The molecule has 5 nitrogen and oxygen atoms in total.